The van der Waals surface area contributed by atoms with Crippen LogP contribution in [0.2, 0.25) is 0 Å². The van der Waals surface area contributed by atoms with E-state index >= 15 is 0 Å². The third-order valence-corrected chi connectivity index (χ3v) is 4.32. The van der Waals surface area contributed by atoms with E-state index in [1.165, 1.54) is 0 Å². The molecular weight excluding hydrogens is 276 g/mol. The number of ether oxygens (including phenoxy) is 1. The Labute approximate surface area is 123 Å². The summed E-state index contributed by atoms with van der Waals surface area (Å²) in [5.41, 5.74) is 0. The number of hydrogen-bond donors (Lipinski definition) is 0. The first-order valence-corrected chi connectivity index (χ1v) is 7.97. The van der Waals surface area contributed by atoms with Gasteiger partial charge >= 0.3 is 6.09 Å². The molecule has 0 saturated carbocycles. The number of amides is 1. The molecule has 114 valence electrons. The second-order valence-corrected chi connectivity index (χ2v) is 7.67. The molecule has 6 heteroatoms. The zero-order chi connectivity index (χ0) is 15.2. The molecule has 0 radical (unpaired) electrons. The average Bonchev–Trinajstić information content (AvgIpc) is 2.41. The van der Waals surface area contributed by atoms with Gasteiger partial charge in [0.2, 0.25) is 0 Å². The lowest BCUT2D eigenvalue weighted by Crippen LogP contribution is -2.45. The highest BCUT2D eigenvalue weighted by Gasteiger charge is 2.27. The van der Waals surface area contributed by atoms with Gasteiger partial charge in [0, 0.05) is 12.8 Å². The van der Waals surface area contributed by atoms with E-state index in [1.54, 1.807) is 17.2 Å². The molecule has 0 bridgehead atoms. The minimum atomic E-state index is -1.30. The zero-order valence-corrected chi connectivity index (χ0v) is 13.3. The summed E-state index contributed by atoms with van der Waals surface area (Å²) in [5.74, 6) is 0. The van der Waals surface area contributed by atoms with Crippen LogP contribution in [0.1, 0.15) is 40.0 Å². The predicted molar refractivity (Wildman–Crippen MR) is 82.3 cm³/mol. The second kappa shape index (κ2) is 7.57. The topological polar surface area (TPSA) is 59.0 Å². The molecule has 1 aliphatic heterocycles. The maximum atomic E-state index is 11.9. The van der Waals surface area contributed by atoms with E-state index in [9.17, 15) is 9.00 Å². The molecule has 1 fully saturated rings. The van der Waals surface area contributed by atoms with E-state index in [4.69, 9.17) is 4.74 Å². The summed E-state index contributed by atoms with van der Waals surface area (Å²) in [5, 5.41) is 0. The van der Waals surface area contributed by atoms with Crippen LogP contribution < -0.4 is 0 Å². The van der Waals surface area contributed by atoms with Gasteiger partial charge in [0.15, 0.2) is 0 Å². The Morgan fingerprint density at radius 2 is 2.20 bits per heavy atom. The van der Waals surface area contributed by atoms with Gasteiger partial charge in [0.05, 0.1) is 10.8 Å². The first-order valence-electron chi connectivity index (χ1n) is 6.86. The Balaban J connectivity index is 2.69. The van der Waals surface area contributed by atoms with E-state index < -0.39 is 11.0 Å². The fourth-order valence-electron chi connectivity index (χ4n) is 1.84. The summed E-state index contributed by atoms with van der Waals surface area (Å²) < 4.78 is 20.7. The van der Waals surface area contributed by atoms with Crippen LogP contribution in [0, 0.1) is 0 Å². The molecule has 1 amide bonds. The molecule has 0 unspecified atom stereocenters. The van der Waals surface area contributed by atoms with Crippen LogP contribution in [0.5, 0.6) is 0 Å². The van der Waals surface area contributed by atoms with E-state index in [0.717, 1.165) is 19.3 Å². The van der Waals surface area contributed by atoms with Crippen molar-refractivity contribution in [2.75, 3.05) is 13.2 Å². The first kappa shape index (κ1) is 16.9. The number of carbonyl (C=O) groups excluding carboxylic acids is 1. The lowest BCUT2D eigenvalue weighted by molar-refractivity contribution is 0.0958. The quantitative estimate of drug-likeness (QED) is 0.592. The molecule has 0 aliphatic carbocycles. The number of carbonyl (C=O) groups is 1. The summed E-state index contributed by atoms with van der Waals surface area (Å²) in [6.07, 6.45) is 5.63. The number of piperidine rings is 1. The van der Waals surface area contributed by atoms with Gasteiger partial charge in [-0.05, 0) is 40.0 Å². The van der Waals surface area contributed by atoms with Crippen molar-refractivity contribution in [3.8, 4) is 0 Å². The molecule has 1 heterocycles. The van der Waals surface area contributed by atoms with Crippen LogP contribution in [-0.2, 0) is 15.7 Å². The van der Waals surface area contributed by atoms with Gasteiger partial charge in [-0.1, -0.05) is 12.7 Å². The van der Waals surface area contributed by atoms with Crippen molar-refractivity contribution in [1.82, 2.24) is 4.90 Å². The SMILES string of the molecule is C=CCOC(=O)N1CCCC[C@H]1C=N[S@@](=O)C(C)(C)C. The predicted octanol–water partition coefficient (Wildman–Crippen LogP) is 2.70. The maximum absolute atomic E-state index is 11.9. The van der Waals surface area contributed by atoms with Gasteiger partial charge in [-0.25, -0.2) is 9.00 Å². The van der Waals surface area contributed by atoms with E-state index in [-0.39, 0.29) is 23.5 Å². The highest BCUT2D eigenvalue weighted by atomic mass is 32.2. The Kier molecular flexibility index (Phi) is 6.39. The summed E-state index contributed by atoms with van der Waals surface area (Å²) in [4.78, 5) is 13.6. The fraction of sp³-hybridized carbons (Fsp3) is 0.714. The van der Waals surface area contributed by atoms with Crippen molar-refractivity contribution >= 4 is 23.3 Å². The lowest BCUT2D eigenvalue weighted by Gasteiger charge is -2.32. The summed E-state index contributed by atoms with van der Waals surface area (Å²) in [6, 6.07) is -0.132. The number of rotatable bonds is 4. The monoisotopic (exact) mass is 300 g/mol. The van der Waals surface area contributed by atoms with Gasteiger partial charge < -0.3 is 9.64 Å². The summed E-state index contributed by atoms with van der Waals surface area (Å²) >= 11 is 0. The second-order valence-electron chi connectivity index (χ2n) is 5.74. The molecule has 5 nitrogen and oxygen atoms in total. The standard InChI is InChI=1S/C14H24N2O3S/c1-5-10-19-13(17)16-9-7-6-8-12(16)11-15-20(18)14(2,3)4/h5,11-12H,1,6-10H2,2-4H3/t12-,20-/m0/s1. The molecule has 0 spiro atoms. The Morgan fingerprint density at radius 1 is 1.50 bits per heavy atom. The van der Waals surface area contributed by atoms with Gasteiger partial charge in [-0.15, -0.1) is 0 Å². The Hall–Kier alpha value is -1.17. The van der Waals surface area contributed by atoms with Crippen molar-refractivity contribution in [1.29, 1.82) is 0 Å². The van der Waals surface area contributed by atoms with Crippen molar-refractivity contribution in [2.24, 2.45) is 4.40 Å². The number of likely N-dealkylation sites (tertiary alicyclic amines) is 1. The zero-order valence-electron chi connectivity index (χ0n) is 12.5. The van der Waals surface area contributed by atoms with Crippen LogP contribution >= 0.6 is 0 Å². The van der Waals surface area contributed by atoms with Crippen molar-refractivity contribution in [2.45, 2.75) is 50.8 Å². The van der Waals surface area contributed by atoms with Gasteiger partial charge in [-0.3, -0.25) is 0 Å². The highest BCUT2D eigenvalue weighted by Crippen LogP contribution is 2.18. The van der Waals surface area contributed by atoms with Gasteiger partial charge in [0.25, 0.3) is 0 Å². The van der Waals surface area contributed by atoms with Crippen LogP contribution in [0.25, 0.3) is 0 Å². The molecule has 1 aliphatic rings. The third-order valence-electron chi connectivity index (χ3n) is 2.96. The van der Waals surface area contributed by atoms with Gasteiger partial charge in [0.1, 0.15) is 17.6 Å². The van der Waals surface area contributed by atoms with Gasteiger partial charge in [-0.2, -0.15) is 4.40 Å². The molecular formula is C14H24N2O3S. The van der Waals surface area contributed by atoms with Crippen LogP contribution in [0.15, 0.2) is 17.1 Å². The largest absolute Gasteiger partial charge is 0.445 e. The van der Waals surface area contributed by atoms with E-state index in [2.05, 4.69) is 11.0 Å². The maximum Gasteiger partial charge on any atom is 0.410 e. The third kappa shape index (κ3) is 5.07. The van der Waals surface area contributed by atoms with E-state index in [1.807, 2.05) is 20.8 Å². The summed E-state index contributed by atoms with van der Waals surface area (Å²) in [6.45, 7) is 9.99. The fourth-order valence-corrected chi connectivity index (χ4v) is 2.40. The van der Waals surface area contributed by atoms with E-state index in [0.29, 0.717) is 6.54 Å². The molecule has 0 aromatic rings. The van der Waals surface area contributed by atoms with Crippen LogP contribution in [0.3, 0.4) is 0 Å². The lowest BCUT2D eigenvalue weighted by atomic mass is 10.0. The van der Waals surface area contributed by atoms with Crippen LogP contribution in [0.4, 0.5) is 4.79 Å². The smallest absolute Gasteiger partial charge is 0.410 e. The molecule has 0 aromatic carbocycles. The average molecular weight is 300 g/mol. The van der Waals surface area contributed by atoms with Crippen molar-refractivity contribution in [3.05, 3.63) is 12.7 Å². The Morgan fingerprint density at radius 3 is 2.80 bits per heavy atom. The molecule has 1 saturated heterocycles. The number of hydrogen-bond acceptors (Lipinski definition) is 3. The van der Waals surface area contributed by atoms with Crippen molar-refractivity contribution in [3.63, 3.8) is 0 Å². The van der Waals surface area contributed by atoms with Crippen LogP contribution in [-0.4, -0.2) is 45.4 Å². The first-order chi connectivity index (χ1) is 9.36. The minimum absolute atomic E-state index is 0.132. The molecule has 0 N–H and O–H groups in total. The highest BCUT2D eigenvalue weighted by molar-refractivity contribution is 7.85. The molecule has 2 atom stereocenters. The molecule has 20 heavy (non-hydrogen) atoms. The van der Waals surface area contributed by atoms with Crippen molar-refractivity contribution < 1.29 is 13.7 Å². The molecule has 0 aromatic heterocycles. The molecule has 1 rings (SSSR count). The normalized spacial score (nSPS) is 21.8. The minimum Gasteiger partial charge on any atom is -0.445 e. The Bertz CT molecular complexity index is 402. The summed E-state index contributed by atoms with van der Waals surface area (Å²) in [7, 11) is -1.30. The number of nitrogens with zero attached hydrogens (tertiary/aromatic N) is 2.